The molecule has 4 rings (SSSR count). The van der Waals surface area contributed by atoms with Crippen molar-refractivity contribution in [2.45, 2.75) is 4.90 Å². The fraction of sp³-hybridized carbons (Fsp3) is 0. The molecule has 0 saturated carbocycles. The van der Waals surface area contributed by atoms with Crippen molar-refractivity contribution in [1.82, 2.24) is 14.4 Å². The van der Waals surface area contributed by atoms with Crippen molar-refractivity contribution in [2.75, 3.05) is 0 Å². The molecule has 0 amide bonds. The highest BCUT2D eigenvalue weighted by atomic mass is 32.2. The molecule has 4 aromatic rings. The third-order valence-electron chi connectivity index (χ3n) is 3.93. The minimum absolute atomic E-state index is 0.0769. The smallest absolute Gasteiger partial charge is 0.238 e. The van der Waals surface area contributed by atoms with Gasteiger partial charge in [0, 0.05) is 23.5 Å². The van der Waals surface area contributed by atoms with Crippen LogP contribution < -0.4 is 5.14 Å². The quantitative estimate of drug-likeness (QED) is 0.615. The SMILES string of the molecule is NS(=O)(=O)c1ccc(-c2c(-c3ccccc3)nc3cnccn23)cc1. The molecule has 0 radical (unpaired) electrons. The van der Waals surface area contributed by atoms with Gasteiger partial charge in [-0.15, -0.1) is 0 Å². The summed E-state index contributed by atoms with van der Waals surface area (Å²) in [6.07, 6.45) is 5.21. The third kappa shape index (κ3) is 2.79. The van der Waals surface area contributed by atoms with E-state index in [2.05, 4.69) is 9.97 Å². The van der Waals surface area contributed by atoms with Gasteiger partial charge in [-0.25, -0.2) is 18.5 Å². The number of imidazole rings is 1. The molecule has 7 heteroatoms. The fourth-order valence-electron chi connectivity index (χ4n) is 2.78. The molecule has 124 valence electrons. The molecule has 25 heavy (non-hydrogen) atoms. The Labute approximate surface area is 144 Å². The predicted octanol–water partition coefficient (Wildman–Crippen LogP) is 2.71. The summed E-state index contributed by atoms with van der Waals surface area (Å²) < 4.78 is 24.9. The van der Waals surface area contributed by atoms with Gasteiger partial charge in [0.1, 0.15) is 0 Å². The number of nitrogens with two attached hydrogens (primary N) is 1. The molecule has 6 nitrogen and oxygen atoms in total. The minimum Gasteiger partial charge on any atom is -0.296 e. The number of hydrogen-bond acceptors (Lipinski definition) is 4. The molecular formula is C18H14N4O2S. The number of sulfonamides is 1. The summed E-state index contributed by atoms with van der Waals surface area (Å²) in [4.78, 5) is 8.89. The van der Waals surface area contributed by atoms with Crippen LogP contribution in [0.2, 0.25) is 0 Å². The second-order valence-corrected chi connectivity index (χ2v) is 7.11. The number of primary sulfonamides is 1. The maximum absolute atomic E-state index is 11.5. The van der Waals surface area contributed by atoms with Gasteiger partial charge in [-0.2, -0.15) is 0 Å². The van der Waals surface area contributed by atoms with Gasteiger partial charge in [0.2, 0.25) is 10.0 Å². The van der Waals surface area contributed by atoms with Gasteiger partial charge >= 0.3 is 0 Å². The Bertz CT molecular complexity index is 1150. The van der Waals surface area contributed by atoms with E-state index in [4.69, 9.17) is 5.14 Å². The lowest BCUT2D eigenvalue weighted by molar-refractivity contribution is 0.598. The second kappa shape index (κ2) is 5.80. The molecule has 0 aliphatic heterocycles. The van der Waals surface area contributed by atoms with E-state index in [-0.39, 0.29) is 4.90 Å². The Morgan fingerprint density at radius 1 is 0.920 bits per heavy atom. The van der Waals surface area contributed by atoms with Gasteiger partial charge in [0.25, 0.3) is 0 Å². The van der Waals surface area contributed by atoms with E-state index >= 15 is 0 Å². The van der Waals surface area contributed by atoms with Crippen LogP contribution in [0, 0.1) is 0 Å². The maximum atomic E-state index is 11.5. The normalized spacial score (nSPS) is 11.7. The first-order valence-corrected chi connectivity index (χ1v) is 9.09. The molecule has 0 unspecified atom stereocenters. The minimum atomic E-state index is -3.73. The molecule has 0 fully saturated rings. The Hall–Kier alpha value is -3.03. The highest BCUT2D eigenvalue weighted by Gasteiger charge is 2.16. The van der Waals surface area contributed by atoms with Gasteiger partial charge in [0.15, 0.2) is 5.65 Å². The van der Waals surface area contributed by atoms with Crippen molar-refractivity contribution in [3.63, 3.8) is 0 Å². The van der Waals surface area contributed by atoms with E-state index in [1.165, 1.54) is 12.1 Å². The molecule has 0 aliphatic rings. The van der Waals surface area contributed by atoms with Crippen LogP contribution in [-0.4, -0.2) is 22.8 Å². The number of hydrogen-bond donors (Lipinski definition) is 1. The molecule has 2 N–H and O–H groups in total. The van der Waals surface area contributed by atoms with E-state index in [1.807, 2.05) is 40.9 Å². The van der Waals surface area contributed by atoms with Crippen LogP contribution in [0.25, 0.3) is 28.2 Å². The zero-order chi connectivity index (χ0) is 17.4. The highest BCUT2D eigenvalue weighted by molar-refractivity contribution is 7.89. The van der Waals surface area contributed by atoms with Crippen LogP contribution in [0.5, 0.6) is 0 Å². The van der Waals surface area contributed by atoms with Crippen LogP contribution >= 0.6 is 0 Å². The Morgan fingerprint density at radius 2 is 1.64 bits per heavy atom. The summed E-state index contributed by atoms with van der Waals surface area (Å²) in [7, 11) is -3.73. The van der Waals surface area contributed by atoms with Gasteiger partial charge in [-0.1, -0.05) is 42.5 Å². The first kappa shape index (κ1) is 15.5. The highest BCUT2D eigenvalue weighted by Crippen LogP contribution is 2.32. The van der Waals surface area contributed by atoms with Crippen molar-refractivity contribution >= 4 is 15.7 Å². The van der Waals surface area contributed by atoms with E-state index in [9.17, 15) is 8.42 Å². The maximum Gasteiger partial charge on any atom is 0.238 e. The lowest BCUT2D eigenvalue weighted by Gasteiger charge is -2.06. The predicted molar refractivity (Wildman–Crippen MR) is 95.2 cm³/mol. The van der Waals surface area contributed by atoms with Crippen molar-refractivity contribution in [1.29, 1.82) is 0 Å². The zero-order valence-corrected chi connectivity index (χ0v) is 13.9. The molecular weight excluding hydrogens is 336 g/mol. The Balaban J connectivity index is 1.97. The van der Waals surface area contributed by atoms with Gasteiger partial charge < -0.3 is 0 Å². The Kier molecular flexibility index (Phi) is 3.60. The molecule has 0 aliphatic carbocycles. The number of benzene rings is 2. The van der Waals surface area contributed by atoms with Crippen molar-refractivity contribution in [3.8, 4) is 22.5 Å². The third-order valence-corrected chi connectivity index (χ3v) is 4.86. The Morgan fingerprint density at radius 3 is 2.32 bits per heavy atom. The van der Waals surface area contributed by atoms with Gasteiger partial charge in [-0.3, -0.25) is 9.38 Å². The van der Waals surface area contributed by atoms with Crippen molar-refractivity contribution in [3.05, 3.63) is 73.2 Å². The molecule has 0 atom stereocenters. The lowest BCUT2D eigenvalue weighted by atomic mass is 10.1. The van der Waals surface area contributed by atoms with Crippen LogP contribution in [0.15, 0.2) is 78.1 Å². The van der Waals surface area contributed by atoms with Crippen LogP contribution in [0.3, 0.4) is 0 Å². The largest absolute Gasteiger partial charge is 0.296 e. The van der Waals surface area contributed by atoms with E-state index in [0.717, 1.165) is 22.5 Å². The standard InChI is InChI=1S/C18H14N4O2S/c19-25(23,24)15-8-6-14(7-9-15)18-17(13-4-2-1-3-5-13)21-16-12-20-10-11-22(16)18/h1-12H,(H2,19,23,24). The van der Waals surface area contributed by atoms with Crippen molar-refractivity contribution in [2.24, 2.45) is 5.14 Å². The first-order chi connectivity index (χ1) is 12.0. The van der Waals surface area contributed by atoms with Crippen LogP contribution in [-0.2, 0) is 10.0 Å². The van der Waals surface area contributed by atoms with Gasteiger partial charge in [0.05, 0.1) is 22.5 Å². The summed E-state index contributed by atoms with van der Waals surface area (Å²) in [6.45, 7) is 0. The average molecular weight is 350 g/mol. The van der Waals surface area contributed by atoms with Crippen molar-refractivity contribution < 1.29 is 8.42 Å². The molecule has 2 aromatic heterocycles. The summed E-state index contributed by atoms with van der Waals surface area (Å²) in [6, 6.07) is 16.3. The molecule has 0 bridgehead atoms. The number of aromatic nitrogens is 3. The van der Waals surface area contributed by atoms with E-state index < -0.39 is 10.0 Å². The van der Waals surface area contributed by atoms with E-state index in [0.29, 0.717) is 5.65 Å². The molecule has 0 spiro atoms. The summed E-state index contributed by atoms with van der Waals surface area (Å²) in [5.41, 5.74) is 4.19. The summed E-state index contributed by atoms with van der Waals surface area (Å²) in [5, 5.41) is 5.18. The molecule has 2 aromatic carbocycles. The van der Waals surface area contributed by atoms with Crippen LogP contribution in [0.1, 0.15) is 0 Å². The summed E-state index contributed by atoms with van der Waals surface area (Å²) >= 11 is 0. The fourth-order valence-corrected chi connectivity index (χ4v) is 3.30. The zero-order valence-electron chi connectivity index (χ0n) is 13.1. The monoisotopic (exact) mass is 350 g/mol. The second-order valence-electron chi connectivity index (χ2n) is 5.55. The first-order valence-electron chi connectivity index (χ1n) is 7.55. The van der Waals surface area contributed by atoms with E-state index in [1.54, 1.807) is 24.5 Å². The summed E-state index contributed by atoms with van der Waals surface area (Å²) in [5.74, 6) is 0. The molecule has 2 heterocycles. The van der Waals surface area contributed by atoms with Gasteiger partial charge in [-0.05, 0) is 12.1 Å². The average Bonchev–Trinajstić information content (AvgIpc) is 3.01. The topological polar surface area (TPSA) is 90.4 Å². The number of fused-ring (bicyclic) bond motifs is 1. The number of rotatable bonds is 3. The number of nitrogens with zero attached hydrogens (tertiary/aromatic N) is 3. The lowest BCUT2D eigenvalue weighted by Crippen LogP contribution is -2.11. The molecule has 0 saturated heterocycles. The van der Waals surface area contributed by atoms with Crippen LogP contribution in [0.4, 0.5) is 0 Å².